The zero-order valence-corrected chi connectivity index (χ0v) is 20.3. The molecule has 2 amide bonds. The van der Waals surface area contributed by atoms with Gasteiger partial charge < -0.3 is 19.7 Å². The molecule has 0 radical (unpaired) electrons. The molecule has 0 fully saturated rings. The number of nitrogens with zero attached hydrogens (tertiary/aromatic N) is 1. The Morgan fingerprint density at radius 1 is 0.886 bits per heavy atom. The first kappa shape index (κ1) is 25.7. The maximum absolute atomic E-state index is 13.4. The number of methoxy groups -OCH3 is 2. The Hall–Kier alpha value is -3.87. The third-order valence-corrected chi connectivity index (χ3v) is 5.79. The van der Waals surface area contributed by atoms with Crippen LogP contribution in [0.15, 0.2) is 72.8 Å². The lowest BCUT2D eigenvalue weighted by molar-refractivity contribution is -0.140. The molecule has 0 aliphatic rings. The van der Waals surface area contributed by atoms with Gasteiger partial charge in [-0.25, -0.2) is 4.39 Å². The van der Waals surface area contributed by atoms with E-state index in [9.17, 15) is 14.0 Å². The van der Waals surface area contributed by atoms with Crippen LogP contribution in [-0.4, -0.2) is 43.5 Å². The van der Waals surface area contributed by atoms with Gasteiger partial charge in [-0.2, -0.15) is 0 Å². The fourth-order valence-corrected chi connectivity index (χ4v) is 3.76. The van der Waals surface area contributed by atoms with Crippen molar-refractivity contribution in [2.24, 2.45) is 0 Å². The molecule has 0 heterocycles. The van der Waals surface area contributed by atoms with E-state index in [2.05, 4.69) is 5.32 Å². The quantitative estimate of drug-likeness (QED) is 0.449. The molecule has 0 saturated carbocycles. The number of halogens is 1. The van der Waals surface area contributed by atoms with E-state index in [1.165, 1.54) is 24.1 Å². The van der Waals surface area contributed by atoms with E-state index in [-0.39, 0.29) is 30.6 Å². The van der Waals surface area contributed by atoms with E-state index >= 15 is 0 Å². The number of ether oxygens (including phenoxy) is 2. The van der Waals surface area contributed by atoms with Gasteiger partial charge in [0.1, 0.15) is 11.9 Å². The smallest absolute Gasteiger partial charge is 0.242 e. The van der Waals surface area contributed by atoms with Crippen molar-refractivity contribution in [3.63, 3.8) is 0 Å². The summed E-state index contributed by atoms with van der Waals surface area (Å²) in [6.45, 7) is 2.34. The molecular weight excluding hydrogens is 447 g/mol. The summed E-state index contributed by atoms with van der Waals surface area (Å²) in [7, 11) is 3.08. The van der Waals surface area contributed by atoms with E-state index < -0.39 is 6.04 Å². The van der Waals surface area contributed by atoms with Crippen LogP contribution < -0.4 is 14.8 Å². The third kappa shape index (κ3) is 7.30. The molecule has 0 bridgehead atoms. The number of carbonyl (C=O) groups is 2. The van der Waals surface area contributed by atoms with Gasteiger partial charge in [0.25, 0.3) is 0 Å². The Morgan fingerprint density at radius 2 is 1.54 bits per heavy atom. The molecular formula is C28H31FN2O4. The first-order valence-electron chi connectivity index (χ1n) is 11.5. The minimum Gasteiger partial charge on any atom is -0.493 e. The van der Waals surface area contributed by atoms with Gasteiger partial charge in [-0.15, -0.1) is 0 Å². The van der Waals surface area contributed by atoms with Crippen LogP contribution in [0.5, 0.6) is 11.5 Å². The monoisotopic (exact) mass is 478 g/mol. The number of hydrogen-bond acceptors (Lipinski definition) is 4. The molecule has 6 nitrogen and oxygen atoms in total. The number of nitrogens with one attached hydrogen (secondary N) is 1. The van der Waals surface area contributed by atoms with Crippen LogP contribution in [0.3, 0.4) is 0 Å². The first-order valence-corrected chi connectivity index (χ1v) is 11.5. The summed E-state index contributed by atoms with van der Waals surface area (Å²) < 4.78 is 24.0. The molecule has 0 saturated heterocycles. The predicted molar refractivity (Wildman–Crippen MR) is 133 cm³/mol. The normalized spacial score (nSPS) is 11.4. The van der Waals surface area contributed by atoms with E-state index in [4.69, 9.17) is 9.47 Å². The van der Waals surface area contributed by atoms with Crippen molar-refractivity contribution >= 4 is 11.8 Å². The maximum atomic E-state index is 13.4. The average Bonchev–Trinajstić information content (AvgIpc) is 2.88. The zero-order chi connectivity index (χ0) is 25.2. The Labute approximate surface area is 205 Å². The Morgan fingerprint density at radius 3 is 2.20 bits per heavy atom. The van der Waals surface area contributed by atoms with E-state index in [0.29, 0.717) is 24.5 Å². The van der Waals surface area contributed by atoms with E-state index in [0.717, 1.165) is 16.7 Å². The van der Waals surface area contributed by atoms with Crippen LogP contribution in [0.2, 0.25) is 0 Å². The highest BCUT2D eigenvalue weighted by Gasteiger charge is 2.26. The molecule has 1 N–H and O–H groups in total. The molecule has 0 aromatic heterocycles. The van der Waals surface area contributed by atoms with Crippen LogP contribution in [0.25, 0.3) is 0 Å². The van der Waals surface area contributed by atoms with Gasteiger partial charge in [0.15, 0.2) is 11.5 Å². The third-order valence-electron chi connectivity index (χ3n) is 5.79. The largest absolute Gasteiger partial charge is 0.493 e. The fourth-order valence-electron chi connectivity index (χ4n) is 3.76. The molecule has 3 rings (SSSR count). The standard InChI is InChI=1S/C28H31FN2O4/c1-20(28(33)30-16-15-21-7-5-4-6-8-21)31(19-22-9-12-24(29)13-10-22)27(32)18-23-11-14-25(34-2)26(17-23)35-3/h4-14,17,20H,15-16,18-19H2,1-3H3,(H,30,33). The highest BCUT2D eigenvalue weighted by Crippen LogP contribution is 2.28. The number of rotatable bonds is 11. The molecule has 7 heteroatoms. The van der Waals surface area contributed by atoms with Crippen LogP contribution in [0, 0.1) is 5.82 Å². The number of hydrogen-bond donors (Lipinski definition) is 1. The van der Waals surface area contributed by atoms with Crippen molar-refractivity contribution < 1.29 is 23.5 Å². The number of amides is 2. The topological polar surface area (TPSA) is 67.9 Å². The number of benzene rings is 3. The molecule has 1 unspecified atom stereocenters. The maximum Gasteiger partial charge on any atom is 0.242 e. The molecule has 1 atom stereocenters. The van der Waals surface area contributed by atoms with Crippen molar-refractivity contribution in [1.29, 1.82) is 0 Å². The summed E-state index contributed by atoms with van der Waals surface area (Å²) in [5.74, 6) is 0.257. The molecule has 3 aromatic rings. The van der Waals surface area contributed by atoms with Gasteiger partial charge in [0.2, 0.25) is 11.8 Å². The van der Waals surface area contributed by atoms with Gasteiger partial charge in [0.05, 0.1) is 20.6 Å². The Kier molecular flexibility index (Phi) is 9.23. The van der Waals surface area contributed by atoms with Crippen molar-refractivity contribution in [2.75, 3.05) is 20.8 Å². The van der Waals surface area contributed by atoms with Crippen LogP contribution in [0.1, 0.15) is 23.6 Å². The fraction of sp³-hybridized carbons (Fsp3) is 0.286. The highest BCUT2D eigenvalue weighted by molar-refractivity contribution is 5.88. The minimum absolute atomic E-state index is 0.0726. The highest BCUT2D eigenvalue weighted by atomic mass is 19.1. The van der Waals surface area contributed by atoms with Gasteiger partial charge in [-0.3, -0.25) is 9.59 Å². The molecule has 0 aliphatic carbocycles. The molecule has 0 spiro atoms. The summed E-state index contributed by atoms with van der Waals surface area (Å²) in [6, 6.07) is 20.3. The van der Waals surface area contributed by atoms with E-state index in [1.807, 2.05) is 30.3 Å². The minimum atomic E-state index is -0.719. The lowest BCUT2D eigenvalue weighted by Crippen LogP contribution is -2.48. The zero-order valence-electron chi connectivity index (χ0n) is 20.3. The molecule has 184 valence electrons. The molecule has 0 aliphatic heterocycles. The summed E-state index contributed by atoms with van der Waals surface area (Å²) in [5, 5.41) is 2.93. The van der Waals surface area contributed by atoms with Crippen LogP contribution >= 0.6 is 0 Å². The second-order valence-corrected chi connectivity index (χ2v) is 8.22. The Bertz CT molecular complexity index is 1120. The van der Waals surface area contributed by atoms with Crippen molar-refractivity contribution in [1.82, 2.24) is 10.2 Å². The van der Waals surface area contributed by atoms with Gasteiger partial charge in [-0.1, -0.05) is 48.5 Å². The first-order chi connectivity index (χ1) is 16.9. The average molecular weight is 479 g/mol. The molecule has 3 aromatic carbocycles. The van der Waals surface area contributed by atoms with Gasteiger partial charge in [0, 0.05) is 13.1 Å². The van der Waals surface area contributed by atoms with Crippen LogP contribution in [0.4, 0.5) is 4.39 Å². The second-order valence-electron chi connectivity index (χ2n) is 8.22. The van der Waals surface area contributed by atoms with Crippen molar-refractivity contribution in [2.45, 2.75) is 32.4 Å². The summed E-state index contributed by atoms with van der Waals surface area (Å²) >= 11 is 0. The van der Waals surface area contributed by atoms with Crippen LogP contribution in [-0.2, 0) is 29.0 Å². The lowest BCUT2D eigenvalue weighted by atomic mass is 10.1. The van der Waals surface area contributed by atoms with E-state index in [1.54, 1.807) is 44.4 Å². The SMILES string of the molecule is COc1ccc(CC(=O)N(Cc2ccc(F)cc2)C(C)C(=O)NCCc2ccccc2)cc1OC. The predicted octanol–water partition coefficient (Wildman–Crippen LogP) is 4.16. The van der Waals surface area contributed by atoms with Crippen molar-refractivity contribution in [3.8, 4) is 11.5 Å². The second kappa shape index (κ2) is 12.6. The summed E-state index contributed by atoms with van der Waals surface area (Å²) in [6.07, 6.45) is 0.764. The number of carbonyl (C=O) groups excluding carboxylic acids is 2. The molecule has 35 heavy (non-hydrogen) atoms. The Balaban J connectivity index is 1.73. The summed E-state index contributed by atoms with van der Waals surface area (Å²) in [4.78, 5) is 27.9. The summed E-state index contributed by atoms with van der Waals surface area (Å²) in [5.41, 5.74) is 2.58. The van der Waals surface area contributed by atoms with Gasteiger partial charge >= 0.3 is 0 Å². The lowest BCUT2D eigenvalue weighted by Gasteiger charge is -2.29. The van der Waals surface area contributed by atoms with Gasteiger partial charge in [-0.05, 0) is 54.3 Å². The van der Waals surface area contributed by atoms with Crippen molar-refractivity contribution in [3.05, 3.63) is 95.3 Å².